The van der Waals surface area contributed by atoms with Gasteiger partial charge in [-0.1, -0.05) is 26.0 Å². The number of hydrogen-bond acceptors (Lipinski definition) is 4. The predicted octanol–water partition coefficient (Wildman–Crippen LogP) is 4.79. The molecule has 0 spiro atoms. The van der Waals surface area contributed by atoms with Gasteiger partial charge < -0.3 is 15.5 Å². The number of rotatable bonds is 7. The number of guanidine groups is 1. The van der Waals surface area contributed by atoms with Crippen LogP contribution in [-0.2, 0) is 12.7 Å². The van der Waals surface area contributed by atoms with E-state index >= 15 is 0 Å². The quantitative estimate of drug-likeness (QED) is 0.348. The summed E-state index contributed by atoms with van der Waals surface area (Å²) in [6.45, 7) is 6.75. The number of H-pyrrole nitrogens is 1. The zero-order valence-corrected chi connectivity index (χ0v) is 18.6. The molecule has 0 atom stereocenters. The van der Waals surface area contributed by atoms with Gasteiger partial charge in [-0.05, 0) is 42.9 Å². The Labute approximate surface area is 189 Å². The number of fused-ring (bicyclic) bond motifs is 1. The van der Waals surface area contributed by atoms with Crippen LogP contribution in [0.25, 0.3) is 10.9 Å². The third kappa shape index (κ3) is 5.46. The van der Waals surface area contributed by atoms with Crippen molar-refractivity contribution in [2.75, 3.05) is 20.1 Å². The van der Waals surface area contributed by atoms with E-state index in [2.05, 4.69) is 23.7 Å². The van der Waals surface area contributed by atoms with Crippen LogP contribution in [0.2, 0.25) is 0 Å². The van der Waals surface area contributed by atoms with Gasteiger partial charge in [-0.3, -0.25) is 20.0 Å². The van der Waals surface area contributed by atoms with E-state index < -0.39 is 23.6 Å². The molecule has 0 unspecified atom stereocenters. The maximum Gasteiger partial charge on any atom is 0.417 e. The minimum absolute atomic E-state index is 0.0212. The van der Waals surface area contributed by atoms with E-state index in [1.54, 1.807) is 12.1 Å². The summed E-state index contributed by atoms with van der Waals surface area (Å²) in [5.41, 5.74) is 5.40. The normalized spacial score (nSPS) is 11.7. The summed E-state index contributed by atoms with van der Waals surface area (Å²) in [4.78, 5) is 18.2. The Bertz CT molecular complexity index is 1150. The molecule has 1 heterocycles. The largest absolute Gasteiger partial charge is 0.457 e. The molecule has 0 fully saturated rings. The van der Waals surface area contributed by atoms with Crippen molar-refractivity contribution in [3.8, 4) is 11.5 Å². The second kappa shape index (κ2) is 9.53. The molecule has 0 saturated heterocycles. The number of carbonyl (C=O) groups is 1. The highest BCUT2D eigenvalue weighted by Crippen LogP contribution is 2.39. The van der Waals surface area contributed by atoms with Crippen molar-refractivity contribution in [2.45, 2.75) is 26.6 Å². The molecule has 33 heavy (non-hydrogen) atoms. The number of nitrogens with one attached hydrogen (secondary N) is 2. The monoisotopic (exact) mass is 461 g/mol. The molecule has 10 heteroatoms. The summed E-state index contributed by atoms with van der Waals surface area (Å²) in [5.74, 6) is -0.877. The number of alkyl halides is 3. The standard InChI is InChI=1S/C23H26F3N5O2/c1-4-31(5-2)13-14-6-8-15(9-7-14)33-16-10-18(23(24,25)26)17-12-20(29-19(17)11-16)21(32)30(3)22(27)28/h6-12,29H,4-5,13H2,1-3H3,(H3,27,28). The van der Waals surface area contributed by atoms with E-state index in [9.17, 15) is 18.0 Å². The van der Waals surface area contributed by atoms with Crippen molar-refractivity contribution < 1.29 is 22.7 Å². The van der Waals surface area contributed by atoms with Gasteiger partial charge in [-0.15, -0.1) is 0 Å². The van der Waals surface area contributed by atoms with Crippen LogP contribution in [0.4, 0.5) is 13.2 Å². The molecule has 176 valence electrons. The molecule has 1 aromatic heterocycles. The van der Waals surface area contributed by atoms with Crippen LogP contribution in [0.15, 0.2) is 42.5 Å². The van der Waals surface area contributed by atoms with E-state index in [1.807, 2.05) is 12.1 Å². The number of ether oxygens (including phenoxy) is 1. The van der Waals surface area contributed by atoms with Gasteiger partial charge in [0.2, 0.25) is 0 Å². The minimum Gasteiger partial charge on any atom is -0.457 e. The highest BCUT2D eigenvalue weighted by molar-refractivity contribution is 6.06. The van der Waals surface area contributed by atoms with Gasteiger partial charge in [0, 0.05) is 25.0 Å². The van der Waals surface area contributed by atoms with Gasteiger partial charge >= 0.3 is 6.18 Å². The van der Waals surface area contributed by atoms with E-state index in [0.29, 0.717) is 5.75 Å². The second-order valence-corrected chi connectivity index (χ2v) is 7.57. The molecule has 2 aromatic carbocycles. The lowest BCUT2D eigenvalue weighted by atomic mass is 10.1. The first-order chi connectivity index (χ1) is 15.5. The summed E-state index contributed by atoms with van der Waals surface area (Å²) < 4.78 is 47.0. The lowest BCUT2D eigenvalue weighted by Crippen LogP contribution is -2.38. The lowest BCUT2D eigenvalue weighted by Gasteiger charge is -2.18. The molecule has 4 N–H and O–H groups in total. The number of amides is 1. The van der Waals surface area contributed by atoms with Crippen molar-refractivity contribution in [2.24, 2.45) is 5.73 Å². The zero-order valence-electron chi connectivity index (χ0n) is 18.6. The number of carbonyl (C=O) groups excluding carboxylic acids is 1. The molecule has 3 aromatic rings. The highest BCUT2D eigenvalue weighted by atomic mass is 19.4. The fourth-order valence-corrected chi connectivity index (χ4v) is 3.41. The third-order valence-corrected chi connectivity index (χ3v) is 5.37. The minimum atomic E-state index is -4.67. The average molecular weight is 461 g/mol. The van der Waals surface area contributed by atoms with Crippen molar-refractivity contribution in [3.63, 3.8) is 0 Å². The summed E-state index contributed by atoms with van der Waals surface area (Å²) >= 11 is 0. The first-order valence-electron chi connectivity index (χ1n) is 10.4. The van der Waals surface area contributed by atoms with E-state index in [4.69, 9.17) is 15.9 Å². The first-order valence-corrected chi connectivity index (χ1v) is 10.4. The summed E-state index contributed by atoms with van der Waals surface area (Å²) in [7, 11) is 1.26. The summed E-state index contributed by atoms with van der Waals surface area (Å²) in [5, 5.41) is 7.18. The van der Waals surface area contributed by atoms with Gasteiger partial charge in [0.15, 0.2) is 5.96 Å². The number of hydrogen-bond donors (Lipinski definition) is 3. The van der Waals surface area contributed by atoms with Gasteiger partial charge in [0.05, 0.1) is 11.1 Å². The van der Waals surface area contributed by atoms with Crippen LogP contribution in [0, 0.1) is 5.41 Å². The number of halogens is 3. The topological polar surface area (TPSA) is 98.4 Å². The van der Waals surface area contributed by atoms with E-state index in [1.165, 1.54) is 13.1 Å². The molecule has 0 bridgehead atoms. The third-order valence-electron chi connectivity index (χ3n) is 5.37. The van der Waals surface area contributed by atoms with E-state index in [-0.39, 0.29) is 22.3 Å². The average Bonchev–Trinajstić information content (AvgIpc) is 3.20. The van der Waals surface area contributed by atoms with Gasteiger partial charge in [0.25, 0.3) is 5.91 Å². The first kappa shape index (κ1) is 24.1. The number of aromatic amines is 1. The van der Waals surface area contributed by atoms with Crippen LogP contribution < -0.4 is 10.5 Å². The molecular formula is C23H26F3N5O2. The fourth-order valence-electron chi connectivity index (χ4n) is 3.41. The van der Waals surface area contributed by atoms with Crippen molar-refractivity contribution in [3.05, 3.63) is 59.3 Å². The predicted molar refractivity (Wildman–Crippen MR) is 120 cm³/mol. The van der Waals surface area contributed by atoms with Gasteiger partial charge in [-0.2, -0.15) is 13.2 Å². The Morgan fingerprint density at radius 2 is 1.73 bits per heavy atom. The Kier molecular flexibility index (Phi) is 6.97. The van der Waals surface area contributed by atoms with Crippen LogP contribution in [0.3, 0.4) is 0 Å². The molecule has 0 aliphatic heterocycles. The molecule has 0 aliphatic carbocycles. The van der Waals surface area contributed by atoms with Crippen molar-refractivity contribution in [1.29, 1.82) is 5.41 Å². The number of nitrogens with two attached hydrogens (primary N) is 1. The summed E-state index contributed by atoms with van der Waals surface area (Å²) in [6, 6.07) is 10.6. The Morgan fingerprint density at radius 3 is 2.27 bits per heavy atom. The summed E-state index contributed by atoms with van der Waals surface area (Å²) in [6.07, 6.45) is -4.67. The highest BCUT2D eigenvalue weighted by Gasteiger charge is 2.34. The van der Waals surface area contributed by atoms with Crippen LogP contribution >= 0.6 is 0 Å². The van der Waals surface area contributed by atoms with Gasteiger partial charge in [-0.25, -0.2) is 0 Å². The number of nitrogens with zero attached hydrogens (tertiary/aromatic N) is 2. The maximum atomic E-state index is 13.8. The lowest BCUT2D eigenvalue weighted by molar-refractivity contribution is -0.136. The number of aromatic nitrogens is 1. The molecule has 0 aliphatic rings. The van der Waals surface area contributed by atoms with Crippen molar-refractivity contribution in [1.82, 2.24) is 14.8 Å². The zero-order chi connectivity index (χ0) is 24.3. The molecular weight excluding hydrogens is 435 g/mol. The Morgan fingerprint density at radius 1 is 1.09 bits per heavy atom. The SMILES string of the molecule is CCN(CC)Cc1ccc(Oc2cc(C(F)(F)F)c3cc(C(=O)N(C)C(=N)N)[nH]c3c2)cc1. The molecule has 0 radical (unpaired) electrons. The molecule has 3 rings (SSSR count). The maximum absolute atomic E-state index is 13.8. The fraction of sp³-hybridized carbons (Fsp3) is 0.304. The second-order valence-electron chi connectivity index (χ2n) is 7.57. The molecule has 7 nitrogen and oxygen atoms in total. The van der Waals surface area contributed by atoms with E-state index in [0.717, 1.165) is 42.2 Å². The van der Waals surface area contributed by atoms with Crippen LogP contribution in [0.1, 0.15) is 35.5 Å². The molecule has 1 amide bonds. The van der Waals surface area contributed by atoms with Crippen molar-refractivity contribution >= 4 is 22.8 Å². The van der Waals surface area contributed by atoms with Crippen LogP contribution in [-0.4, -0.2) is 46.8 Å². The molecule has 0 saturated carbocycles. The van der Waals surface area contributed by atoms with Gasteiger partial charge in [0.1, 0.15) is 17.2 Å². The number of benzene rings is 2. The smallest absolute Gasteiger partial charge is 0.417 e. The Balaban J connectivity index is 1.93. The van der Waals surface area contributed by atoms with Crippen LogP contribution in [0.5, 0.6) is 11.5 Å². The Hall–Kier alpha value is -3.53.